The van der Waals surface area contributed by atoms with E-state index in [0.29, 0.717) is 6.42 Å². The topological polar surface area (TPSA) is 107 Å². The Balaban J connectivity index is 0. The number of hydrogen-bond acceptors (Lipinski definition) is 7. The van der Waals surface area contributed by atoms with Crippen LogP contribution in [-0.4, -0.2) is 58.0 Å². The van der Waals surface area contributed by atoms with Gasteiger partial charge in [-0.2, -0.15) is 0 Å². The number of ether oxygens (including phenoxy) is 2. The van der Waals surface area contributed by atoms with Gasteiger partial charge in [-0.1, -0.05) is 162 Å². The van der Waals surface area contributed by atoms with Gasteiger partial charge in [-0.25, -0.2) is 4.79 Å². The molecule has 56 heavy (non-hydrogen) atoms. The average molecular weight is 852 g/mol. The van der Waals surface area contributed by atoms with E-state index in [2.05, 4.69) is 34.1 Å². The normalized spacial score (nSPS) is 10.6. The van der Waals surface area contributed by atoms with Crippen molar-refractivity contribution in [2.45, 2.75) is 86.5 Å². The summed E-state index contributed by atoms with van der Waals surface area (Å²) >= 11 is 3.21. The molecular weight excluding hydrogens is 792 g/mol. The minimum atomic E-state index is -0.623. The number of halogens is 1. The third-order valence-corrected chi connectivity index (χ3v) is 7.67. The molecule has 0 saturated heterocycles. The molecule has 0 aliphatic rings. The molecule has 0 aliphatic carbocycles. The summed E-state index contributed by atoms with van der Waals surface area (Å²) in [6, 6.07) is 38.9. The predicted molar refractivity (Wildman–Crippen MR) is 234 cm³/mol. The van der Waals surface area contributed by atoms with Crippen LogP contribution in [0.1, 0.15) is 91.5 Å². The van der Waals surface area contributed by atoms with E-state index in [1.165, 1.54) is 5.57 Å². The van der Waals surface area contributed by atoms with Crippen LogP contribution in [0.3, 0.4) is 0 Å². The number of nitrogens with zero attached hydrogens (tertiary/aromatic N) is 2. The summed E-state index contributed by atoms with van der Waals surface area (Å²) in [5, 5.41) is 0.924. The third-order valence-electron chi connectivity index (χ3n) is 6.71. The standard InChI is InChI=1S/C23H27NO2.C19H21NO2.C4H7Br.CH4.K.H2O/c1-17(2)16-20(22(25)26-23(3,4)5)24-21(18-12-8-6-9-13-18)19-14-10-7-11-15-19;1-19(2,3)22-17(21)14-20-18(15-10-6-4-7-11-15)16-12-8-5-9-13-16;1-4(2)3-5;;;/h6-15,20H,1,16H2,2-5H3;4-13H,14H2,1-3H3;1,3H2,2H3;1H4;;1H2/q;;;;+1;/p-1/t20-;;;;;/m0...../s1. The SMILES string of the molecule is C.C=C(C)CBr.C=C(C)C[C@H](N=C(c1ccccc1)c1ccccc1)C(=O)OC(C)(C)C.CC(C)(C)OC(=O)CN=C(c1ccccc1)c1ccccc1.[K+].[OH-]. The summed E-state index contributed by atoms with van der Waals surface area (Å²) in [5.41, 5.74) is 6.49. The molecule has 0 fully saturated rings. The van der Waals surface area contributed by atoms with Crippen molar-refractivity contribution in [3.8, 4) is 0 Å². The maximum absolute atomic E-state index is 12.7. The van der Waals surface area contributed by atoms with Gasteiger partial charge in [0.1, 0.15) is 17.7 Å². The summed E-state index contributed by atoms with van der Waals surface area (Å²) < 4.78 is 10.9. The molecule has 0 radical (unpaired) electrons. The maximum Gasteiger partial charge on any atom is 1.00 e. The van der Waals surface area contributed by atoms with Crippen LogP contribution >= 0.6 is 15.9 Å². The second kappa shape index (κ2) is 28.2. The second-order valence-corrected chi connectivity index (χ2v) is 15.1. The number of aliphatic imine (C=N–C) groups is 2. The van der Waals surface area contributed by atoms with Crippen LogP contribution < -0.4 is 51.4 Å². The zero-order chi connectivity index (χ0) is 39.4. The third kappa shape index (κ3) is 23.1. The van der Waals surface area contributed by atoms with Gasteiger partial charge in [0.25, 0.3) is 0 Å². The summed E-state index contributed by atoms with van der Waals surface area (Å²) in [6.07, 6.45) is 0.456. The Morgan fingerprint density at radius 2 is 0.946 bits per heavy atom. The summed E-state index contributed by atoms with van der Waals surface area (Å²) in [4.78, 5) is 33.9. The average Bonchev–Trinajstić information content (AvgIpc) is 3.10. The fourth-order valence-electron chi connectivity index (χ4n) is 4.60. The van der Waals surface area contributed by atoms with Crippen LogP contribution in [0.2, 0.25) is 0 Å². The first-order chi connectivity index (χ1) is 25.0. The molecular formula is C47H60BrKN2O5. The Bertz CT molecular complexity index is 1720. The van der Waals surface area contributed by atoms with Crippen molar-refractivity contribution in [2.24, 2.45) is 9.98 Å². The van der Waals surface area contributed by atoms with Crippen molar-refractivity contribution in [2.75, 3.05) is 11.9 Å². The smallest absolute Gasteiger partial charge is 0.870 e. The van der Waals surface area contributed by atoms with Gasteiger partial charge < -0.3 is 14.9 Å². The Kier molecular flexibility index (Phi) is 27.6. The first-order valence-corrected chi connectivity index (χ1v) is 18.7. The van der Waals surface area contributed by atoms with Crippen molar-refractivity contribution in [1.82, 2.24) is 0 Å². The minimum absolute atomic E-state index is 0. The number of alkyl halides is 1. The van der Waals surface area contributed by atoms with E-state index >= 15 is 0 Å². The van der Waals surface area contributed by atoms with E-state index < -0.39 is 17.2 Å². The van der Waals surface area contributed by atoms with Gasteiger partial charge in [0, 0.05) is 34.0 Å². The molecule has 0 aliphatic heterocycles. The number of allylic oxidation sites excluding steroid dienone is 1. The van der Waals surface area contributed by atoms with Crippen molar-refractivity contribution >= 4 is 39.3 Å². The molecule has 7 nitrogen and oxygen atoms in total. The van der Waals surface area contributed by atoms with Crippen molar-refractivity contribution in [3.05, 3.63) is 168 Å². The number of esters is 2. The van der Waals surface area contributed by atoms with Gasteiger partial charge in [-0.15, -0.1) is 6.58 Å². The number of rotatable bonds is 11. The van der Waals surface area contributed by atoms with Crippen molar-refractivity contribution < 1.29 is 75.9 Å². The van der Waals surface area contributed by atoms with Crippen LogP contribution in [0.4, 0.5) is 0 Å². The molecule has 0 amide bonds. The molecule has 0 unspecified atom stereocenters. The van der Waals surface area contributed by atoms with Gasteiger partial charge in [-0.3, -0.25) is 14.8 Å². The molecule has 0 aromatic heterocycles. The molecule has 9 heteroatoms. The number of carbonyl (C=O) groups is 2. The van der Waals surface area contributed by atoms with Gasteiger partial charge in [0.05, 0.1) is 11.4 Å². The number of carbonyl (C=O) groups excluding carboxylic acids is 2. The molecule has 4 aromatic rings. The van der Waals surface area contributed by atoms with Crippen molar-refractivity contribution in [3.63, 3.8) is 0 Å². The molecule has 0 heterocycles. The first kappa shape index (κ1) is 54.8. The number of benzene rings is 4. The molecule has 296 valence electrons. The second-order valence-electron chi connectivity index (χ2n) is 14.5. The van der Waals surface area contributed by atoms with Gasteiger partial charge in [0.2, 0.25) is 0 Å². The van der Waals surface area contributed by atoms with Gasteiger partial charge >= 0.3 is 63.3 Å². The van der Waals surface area contributed by atoms with Crippen LogP contribution in [0.15, 0.2) is 156 Å². The molecule has 0 bridgehead atoms. The first-order valence-electron chi connectivity index (χ1n) is 17.6. The van der Waals surface area contributed by atoms with Crippen LogP contribution in [0.5, 0.6) is 0 Å². The summed E-state index contributed by atoms with van der Waals surface area (Å²) in [7, 11) is 0. The van der Waals surface area contributed by atoms with E-state index in [1.54, 1.807) is 0 Å². The quantitative estimate of drug-likeness (QED) is 0.0495. The van der Waals surface area contributed by atoms with Gasteiger partial charge in [0.15, 0.2) is 6.04 Å². The maximum atomic E-state index is 12.7. The van der Waals surface area contributed by atoms with E-state index in [-0.39, 0.29) is 82.8 Å². The van der Waals surface area contributed by atoms with E-state index in [1.807, 2.05) is 177 Å². The zero-order valence-electron chi connectivity index (χ0n) is 34.0. The molecule has 4 aromatic carbocycles. The Labute approximate surface area is 387 Å². The molecule has 1 atom stereocenters. The zero-order valence-corrected chi connectivity index (χ0v) is 38.7. The summed E-state index contributed by atoms with van der Waals surface area (Å²) in [6.45, 7) is 22.6. The Morgan fingerprint density at radius 1 is 0.625 bits per heavy atom. The fraction of sp³-hybridized carbons (Fsp3) is 0.319. The molecule has 0 saturated carbocycles. The molecule has 0 spiro atoms. The molecule has 1 N–H and O–H groups in total. The van der Waals surface area contributed by atoms with E-state index in [9.17, 15) is 9.59 Å². The van der Waals surface area contributed by atoms with Crippen LogP contribution in [-0.2, 0) is 19.1 Å². The monoisotopic (exact) mass is 850 g/mol. The van der Waals surface area contributed by atoms with Crippen molar-refractivity contribution in [1.29, 1.82) is 0 Å². The minimum Gasteiger partial charge on any atom is -0.870 e. The van der Waals surface area contributed by atoms with E-state index in [0.717, 1.165) is 44.6 Å². The summed E-state index contributed by atoms with van der Waals surface area (Å²) in [5.74, 6) is -0.651. The van der Waals surface area contributed by atoms with E-state index in [4.69, 9.17) is 14.5 Å². The van der Waals surface area contributed by atoms with Crippen LogP contribution in [0.25, 0.3) is 0 Å². The van der Waals surface area contributed by atoms with Crippen LogP contribution in [0, 0.1) is 0 Å². The number of hydrogen-bond donors (Lipinski definition) is 0. The van der Waals surface area contributed by atoms with Gasteiger partial charge in [-0.05, 0) is 55.4 Å². The molecule has 4 rings (SSSR count). The Morgan fingerprint density at radius 3 is 1.23 bits per heavy atom. The predicted octanol–water partition coefficient (Wildman–Crippen LogP) is 8.49. The fourth-order valence-corrected chi connectivity index (χ4v) is 4.60. The Hall–Kier alpha value is -3.28. The largest absolute Gasteiger partial charge is 1.00 e.